The van der Waals surface area contributed by atoms with E-state index in [-0.39, 0.29) is 29.4 Å². The first kappa shape index (κ1) is 29.3. The second-order valence-electron chi connectivity index (χ2n) is 10.9. The van der Waals surface area contributed by atoms with Gasteiger partial charge in [0.15, 0.2) is 23.0 Å². The molecule has 2 aromatic carbocycles. The van der Waals surface area contributed by atoms with Gasteiger partial charge in [0.05, 0.1) is 31.7 Å². The van der Waals surface area contributed by atoms with Gasteiger partial charge < -0.3 is 29.5 Å². The fourth-order valence-corrected chi connectivity index (χ4v) is 5.68. The van der Waals surface area contributed by atoms with Gasteiger partial charge in [-0.2, -0.15) is 4.39 Å². The maximum atomic E-state index is 14.8. The molecule has 13 heteroatoms. The van der Waals surface area contributed by atoms with Gasteiger partial charge in [-0.25, -0.2) is 19.2 Å². The summed E-state index contributed by atoms with van der Waals surface area (Å²) in [6, 6.07) is 8.19. The number of urea groups is 1. The normalized spacial score (nSPS) is 17.2. The Kier molecular flexibility index (Phi) is 8.04. The number of anilines is 2. The minimum absolute atomic E-state index is 0.00613. The number of hydrogen-bond acceptors (Lipinski definition) is 7. The third-order valence-corrected chi connectivity index (χ3v) is 8.04. The lowest BCUT2D eigenvalue weighted by Gasteiger charge is -2.39. The first-order valence-electron chi connectivity index (χ1n) is 14.4. The molecule has 3 amide bonds. The van der Waals surface area contributed by atoms with E-state index in [0.717, 1.165) is 5.56 Å². The van der Waals surface area contributed by atoms with Gasteiger partial charge in [-0.3, -0.25) is 9.20 Å². The van der Waals surface area contributed by atoms with Crippen LogP contribution in [0.15, 0.2) is 48.9 Å². The van der Waals surface area contributed by atoms with Crippen molar-refractivity contribution in [2.75, 3.05) is 58.3 Å². The number of ether oxygens (including phenoxy) is 2. The zero-order valence-electron chi connectivity index (χ0n) is 24.7. The van der Waals surface area contributed by atoms with Crippen LogP contribution in [0.1, 0.15) is 22.8 Å². The second-order valence-corrected chi connectivity index (χ2v) is 10.9. The predicted molar refractivity (Wildman–Crippen MR) is 159 cm³/mol. The van der Waals surface area contributed by atoms with Crippen LogP contribution in [0, 0.1) is 18.6 Å². The van der Waals surface area contributed by atoms with Crippen molar-refractivity contribution in [2.24, 2.45) is 0 Å². The van der Waals surface area contributed by atoms with Crippen LogP contribution in [-0.2, 0) is 4.74 Å². The molecule has 2 aliphatic rings. The van der Waals surface area contributed by atoms with E-state index >= 15 is 0 Å². The number of benzene rings is 2. The molecule has 1 atom stereocenters. The van der Waals surface area contributed by atoms with E-state index in [0.29, 0.717) is 74.3 Å². The number of hydrogen-bond donors (Lipinski definition) is 1. The van der Waals surface area contributed by atoms with Gasteiger partial charge in [-0.1, -0.05) is 0 Å². The number of amides is 3. The Morgan fingerprint density at radius 3 is 2.50 bits per heavy atom. The largest absolute Gasteiger partial charge is 0.494 e. The van der Waals surface area contributed by atoms with Crippen molar-refractivity contribution in [1.29, 1.82) is 0 Å². The quantitative estimate of drug-likeness (QED) is 0.361. The van der Waals surface area contributed by atoms with E-state index in [2.05, 4.69) is 15.3 Å². The van der Waals surface area contributed by atoms with Crippen molar-refractivity contribution in [1.82, 2.24) is 29.1 Å². The molecule has 2 saturated heterocycles. The van der Waals surface area contributed by atoms with Crippen LogP contribution in [-0.4, -0.2) is 100 Å². The van der Waals surface area contributed by atoms with E-state index in [1.54, 1.807) is 32.5 Å². The molecule has 6 rings (SSSR count). The number of halogens is 2. The highest BCUT2D eigenvalue weighted by Crippen LogP contribution is 2.31. The minimum atomic E-state index is -1.07. The lowest BCUT2D eigenvalue weighted by molar-refractivity contribution is -0.0110. The number of imidazole rings is 1. The van der Waals surface area contributed by atoms with Gasteiger partial charge in [0.25, 0.3) is 5.91 Å². The van der Waals surface area contributed by atoms with Crippen molar-refractivity contribution >= 4 is 29.1 Å². The van der Waals surface area contributed by atoms with Gasteiger partial charge in [-0.05, 0) is 49.7 Å². The number of fused-ring (bicyclic) bond motifs is 1. The summed E-state index contributed by atoms with van der Waals surface area (Å²) in [5, 5.41) is 3.23. The number of nitrogens with zero attached hydrogens (tertiary/aromatic N) is 6. The highest BCUT2D eigenvalue weighted by atomic mass is 19.2. The van der Waals surface area contributed by atoms with Gasteiger partial charge >= 0.3 is 6.03 Å². The Hall–Kier alpha value is -4.78. The summed E-state index contributed by atoms with van der Waals surface area (Å²) in [5.74, 6) is -1.98. The van der Waals surface area contributed by atoms with Crippen LogP contribution < -0.4 is 10.1 Å². The molecular formula is C31H33F2N7O4. The summed E-state index contributed by atoms with van der Waals surface area (Å²) >= 11 is 0. The second kappa shape index (κ2) is 12.1. The number of rotatable bonds is 5. The molecule has 4 heterocycles. The topological polar surface area (TPSA) is 105 Å². The van der Waals surface area contributed by atoms with Gasteiger partial charge in [0.1, 0.15) is 0 Å². The number of morpholine rings is 1. The van der Waals surface area contributed by atoms with E-state index < -0.39 is 11.6 Å². The van der Waals surface area contributed by atoms with Gasteiger partial charge in [0, 0.05) is 68.5 Å². The van der Waals surface area contributed by atoms with Crippen LogP contribution in [0.3, 0.4) is 0 Å². The van der Waals surface area contributed by atoms with E-state index in [1.807, 2.05) is 24.8 Å². The summed E-state index contributed by atoms with van der Waals surface area (Å²) in [6.07, 6.45) is 4.62. The molecule has 2 aliphatic heterocycles. The van der Waals surface area contributed by atoms with E-state index in [1.165, 1.54) is 31.6 Å². The Bertz CT molecular complexity index is 1720. The summed E-state index contributed by atoms with van der Waals surface area (Å²) in [6.45, 7) is 7.37. The number of nitrogens with one attached hydrogen (secondary N) is 1. The zero-order chi connectivity index (χ0) is 31.0. The number of aryl methyl sites for hydroxylation is 1. The van der Waals surface area contributed by atoms with Gasteiger partial charge in [-0.15, -0.1) is 0 Å². The molecule has 4 aromatic rings. The van der Waals surface area contributed by atoms with E-state index in [9.17, 15) is 18.4 Å². The molecule has 0 aliphatic carbocycles. The third kappa shape index (κ3) is 5.50. The molecule has 2 fully saturated rings. The third-order valence-electron chi connectivity index (χ3n) is 8.04. The van der Waals surface area contributed by atoms with Crippen LogP contribution in [0.4, 0.5) is 25.1 Å². The van der Waals surface area contributed by atoms with Crippen molar-refractivity contribution < 1.29 is 27.8 Å². The van der Waals surface area contributed by atoms with Crippen LogP contribution >= 0.6 is 0 Å². The zero-order valence-corrected chi connectivity index (χ0v) is 24.7. The summed E-state index contributed by atoms with van der Waals surface area (Å²) in [7, 11) is 1.28. The molecule has 11 nitrogen and oxygen atoms in total. The maximum absolute atomic E-state index is 14.8. The number of aromatic nitrogens is 3. The molecule has 1 N–H and O–H groups in total. The molecule has 0 saturated carbocycles. The lowest BCUT2D eigenvalue weighted by Crippen LogP contribution is -2.56. The molecular weight excluding hydrogens is 572 g/mol. The standard InChI is InChI=1S/C31H33F2N7O4/c1-19-16-21(4-5-22(19)30(41)37-10-12-38(13-11-37)31(42)39-14-15-44-20(2)18-39)36-28-29-35-17-24(40(29)9-8-34-28)23-6-7-25(43-3)27(33)26(23)32/h4-9,16-17,20H,10-15,18H2,1-3H3,(H,34,36)/t20-/m1/s1. The van der Waals surface area contributed by atoms with Crippen LogP contribution in [0.5, 0.6) is 5.75 Å². The fourth-order valence-electron chi connectivity index (χ4n) is 5.68. The SMILES string of the molecule is COc1ccc(-c2cnc3c(Nc4ccc(C(=O)N5CCN(C(=O)N6CCO[C@H](C)C6)CC5)c(C)c4)nccn23)c(F)c1F. The Morgan fingerprint density at radius 2 is 1.77 bits per heavy atom. The molecule has 0 spiro atoms. The van der Waals surface area contributed by atoms with Crippen LogP contribution in [0.25, 0.3) is 16.9 Å². The molecule has 0 bridgehead atoms. The average molecular weight is 606 g/mol. The number of carbonyl (C=O) groups is 2. The van der Waals surface area contributed by atoms with Gasteiger partial charge in [0.2, 0.25) is 5.82 Å². The Balaban J connectivity index is 1.14. The molecule has 230 valence electrons. The summed E-state index contributed by atoms with van der Waals surface area (Å²) in [5.41, 5.74) is 2.82. The number of piperazine rings is 1. The first-order chi connectivity index (χ1) is 21.2. The number of methoxy groups -OCH3 is 1. The molecule has 44 heavy (non-hydrogen) atoms. The van der Waals surface area contributed by atoms with Crippen molar-refractivity contribution in [3.8, 4) is 17.0 Å². The average Bonchev–Trinajstić information content (AvgIpc) is 3.47. The smallest absolute Gasteiger partial charge is 0.320 e. The fraction of sp³-hybridized carbons (Fsp3) is 0.355. The van der Waals surface area contributed by atoms with Crippen molar-refractivity contribution in [3.05, 3.63) is 71.7 Å². The molecule has 0 unspecified atom stereocenters. The molecule has 0 radical (unpaired) electrons. The minimum Gasteiger partial charge on any atom is -0.494 e. The van der Waals surface area contributed by atoms with E-state index in [4.69, 9.17) is 9.47 Å². The molecule has 2 aromatic heterocycles. The highest BCUT2D eigenvalue weighted by molar-refractivity contribution is 5.96. The van der Waals surface area contributed by atoms with Crippen molar-refractivity contribution in [2.45, 2.75) is 20.0 Å². The summed E-state index contributed by atoms with van der Waals surface area (Å²) in [4.78, 5) is 40.5. The Labute approximate surface area is 253 Å². The number of carbonyl (C=O) groups excluding carboxylic acids is 2. The Morgan fingerprint density at radius 1 is 1.00 bits per heavy atom. The monoisotopic (exact) mass is 605 g/mol. The summed E-state index contributed by atoms with van der Waals surface area (Å²) < 4.78 is 41.3. The lowest BCUT2D eigenvalue weighted by atomic mass is 10.1. The highest BCUT2D eigenvalue weighted by Gasteiger charge is 2.30. The first-order valence-corrected chi connectivity index (χ1v) is 14.4. The van der Waals surface area contributed by atoms with Crippen LogP contribution in [0.2, 0.25) is 0 Å². The predicted octanol–water partition coefficient (Wildman–Crippen LogP) is 4.33. The van der Waals surface area contributed by atoms with Crippen molar-refractivity contribution in [3.63, 3.8) is 0 Å². The maximum Gasteiger partial charge on any atom is 0.320 e.